The molecule has 0 radical (unpaired) electrons. The van der Waals surface area contributed by atoms with Gasteiger partial charge in [-0.05, 0) is 52.0 Å². The highest BCUT2D eigenvalue weighted by molar-refractivity contribution is 6.31. The van der Waals surface area contributed by atoms with Gasteiger partial charge in [-0.15, -0.1) is 0 Å². The van der Waals surface area contributed by atoms with E-state index in [2.05, 4.69) is 0 Å². The maximum atomic E-state index is 12.7. The predicted octanol–water partition coefficient (Wildman–Crippen LogP) is 4.96. The van der Waals surface area contributed by atoms with Crippen molar-refractivity contribution in [3.8, 4) is 17.2 Å². The van der Waals surface area contributed by atoms with Crippen LogP contribution in [0.3, 0.4) is 0 Å². The summed E-state index contributed by atoms with van der Waals surface area (Å²) in [6.45, 7) is 8.19. The molecule has 0 bridgehead atoms. The summed E-state index contributed by atoms with van der Waals surface area (Å²) in [5, 5.41) is 0.434. The first-order valence-electron chi connectivity index (χ1n) is 9.48. The van der Waals surface area contributed by atoms with E-state index in [9.17, 15) is 9.59 Å². The van der Waals surface area contributed by atoms with Crippen LogP contribution in [0.5, 0.6) is 17.2 Å². The van der Waals surface area contributed by atoms with Crippen LogP contribution in [0.2, 0.25) is 5.02 Å². The summed E-state index contributed by atoms with van der Waals surface area (Å²) in [5.74, 6) is 0.164. The van der Waals surface area contributed by atoms with Crippen LogP contribution in [0.4, 0.5) is 0 Å². The van der Waals surface area contributed by atoms with Gasteiger partial charge in [0.05, 0.1) is 25.4 Å². The first-order chi connectivity index (χ1) is 13.9. The number of rotatable bonds is 10. The molecule has 1 atom stereocenters. The van der Waals surface area contributed by atoms with Crippen molar-refractivity contribution < 1.29 is 28.5 Å². The minimum atomic E-state index is -0.987. The zero-order chi connectivity index (χ0) is 21.4. The van der Waals surface area contributed by atoms with Crippen molar-refractivity contribution in [2.45, 2.75) is 33.8 Å². The average molecular weight is 421 g/mol. The molecule has 0 fully saturated rings. The van der Waals surface area contributed by atoms with E-state index in [1.807, 2.05) is 20.8 Å². The van der Waals surface area contributed by atoms with Crippen LogP contribution in [0, 0.1) is 0 Å². The van der Waals surface area contributed by atoms with E-state index in [1.54, 1.807) is 18.2 Å². The molecule has 0 aliphatic rings. The molecule has 0 aliphatic heterocycles. The second-order valence-corrected chi connectivity index (χ2v) is 6.46. The largest absolute Gasteiger partial charge is 0.490 e. The third-order valence-electron chi connectivity index (χ3n) is 3.91. The number of hydrogen-bond donors (Lipinski definition) is 0. The van der Waals surface area contributed by atoms with Gasteiger partial charge in [-0.2, -0.15) is 0 Å². The van der Waals surface area contributed by atoms with Crippen LogP contribution >= 0.6 is 11.6 Å². The highest BCUT2D eigenvalue weighted by Crippen LogP contribution is 2.39. The molecule has 156 valence electrons. The molecular formula is C22H25ClO6. The van der Waals surface area contributed by atoms with E-state index in [1.165, 1.54) is 25.1 Å². The Bertz CT molecular complexity index is 837. The smallest absolute Gasteiger partial charge is 0.339 e. The van der Waals surface area contributed by atoms with Crippen molar-refractivity contribution in [1.29, 1.82) is 0 Å². The summed E-state index contributed by atoms with van der Waals surface area (Å²) in [6, 6.07) is 9.53. The molecule has 0 aliphatic carbocycles. The lowest BCUT2D eigenvalue weighted by Gasteiger charge is -2.18. The molecule has 6 nitrogen and oxygen atoms in total. The fraction of sp³-hybridized carbons (Fsp3) is 0.364. The summed E-state index contributed by atoms with van der Waals surface area (Å²) in [6.07, 6.45) is -0.987. The molecule has 0 spiro atoms. The van der Waals surface area contributed by atoms with Gasteiger partial charge in [0.1, 0.15) is 0 Å². The van der Waals surface area contributed by atoms with Crippen molar-refractivity contribution in [2.24, 2.45) is 0 Å². The Morgan fingerprint density at radius 3 is 2.00 bits per heavy atom. The van der Waals surface area contributed by atoms with Crippen molar-refractivity contribution in [3.05, 3.63) is 52.5 Å². The SMILES string of the molecule is CCOc1cc(C(=O)OC(C)C(=O)c2cccc(Cl)c2)cc(OCC)c1OCC. The van der Waals surface area contributed by atoms with Crippen LogP contribution in [0.25, 0.3) is 0 Å². The number of carbonyl (C=O) groups is 2. The van der Waals surface area contributed by atoms with Crippen LogP contribution < -0.4 is 14.2 Å². The summed E-state index contributed by atoms with van der Waals surface area (Å²) < 4.78 is 22.2. The molecule has 29 heavy (non-hydrogen) atoms. The van der Waals surface area contributed by atoms with Gasteiger partial charge in [0, 0.05) is 10.6 Å². The van der Waals surface area contributed by atoms with Crippen molar-refractivity contribution in [1.82, 2.24) is 0 Å². The lowest BCUT2D eigenvalue weighted by atomic mass is 10.1. The van der Waals surface area contributed by atoms with Crippen LogP contribution in [0.15, 0.2) is 36.4 Å². The van der Waals surface area contributed by atoms with E-state index >= 15 is 0 Å². The molecule has 1 unspecified atom stereocenters. The molecular weight excluding hydrogens is 396 g/mol. The van der Waals surface area contributed by atoms with Gasteiger partial charge < -0.3 is 18.9 Å². The highest BCUT2D eigenvalue weighted by Gasteiger charge is 2.23. The highest BCUT2D eigenvalue weighted by atomic mass is 35.5. The maximum Gasteiger partial charge on any atom is 0.339 e. The van der Waals surface area contributed by atoms with E-state index in [4.69, 9.17) is 30.5 Å². The molecule has 0 amide bonds. The second-order valence-electron chi connectivity index (χ2n) is 6.02. The van der Waals surface area contributed by atoms with Crippen molar-refractivity contribution in [3.63, 3.8) is 0 Å². The van der Waals surface area contributed by atoms with Gasteiger partial charge in [-0.1, -0.05) is 23.7 Å². The van der Waals surface area contributed by atoms with Crippen molar-refractivity contribution in [2.75, 3.05) is 19.8 Å². The van der Waals surface area contributed by atoms with Gasteiger partial charge in [0.15, 0.2) is 17.6 Å². The quantitative estimate of drug-likeness (QED) is 0.399. The first kappa shape index (κ1) is 22.6. The Labute approximate surface area is 175 Å². The number of halogens is 1. The zero-order valence-electron chi connectivity index (χ0n) is 17.0. The summed E-state index contributed by atoms with van der Waals surface area (Å²) >= 11 is 5.93. The monoisotopic (exact) mass is 420 g/mol. The molecule has 0 saturated carbocycles. The molecule has 0 heterocycles. The van der Waals surface area contributed by atoms with E-state index in [0.717, 1.165) is 0 Å². The topological polar surface area (TPSA) is 71.1 Å². The third-order valence-corrected chi connectivity index (χ3v) is 4.14. The number of ether oxygens (including phenoxy) is 4. The summed E-state index contributed by atoms with van der Waals surface area (Å²) in [5.41, 5.74) is 0.570. The number of ketones is 1. The van der Waals surface area contributed by atoms with Crippen LogP contribution in [-0.4, -0.2) is 37.7 Å². The summed E-state index contributed by atoms with van der Waals surface area (Å²) in [7, 11) is 0. The van der Waals surface area contributed by atoms with Gasteiger partial charge in [0.25, 0.3) is 0 Å². The Morgan fingerprint density at radius 1 is 0.897 bits per heavy atom. The van der Waals surface area contributed by atoms with Crippen LogP contribution in [-0.2, 0) is 4.74 Å². The van der Waals surface area contributed by atoms with Gasteiger partial charge >= 0.3 is 5.97 Å². The molecule has 0 aromatic heterocycles. The number of hydrogen-bond acceptors (Lipinski definition) is 6. The van der Waals surface area contributed by atoms with Gasteiger partial charge in [-0.3, -0.25) is 4.79 Å². The number of esters is 1. The fourth-order valence-corrected chi connectivity index (χ4v) is 2.86. The lowest BCUT2D eigenvalue weighted by Crippen LogP contribution is -2.24. The van der Waals surface area contributed by atoms with E-state index in [-0.39, 0.29) is 11.3 Å². The molecule has 2 aromatic carbocycles. The van der Waals surface area contributed by atoms with Crippen molar-refractivity contribution >= 4 is 23.4 Å². The lowest BCUT2D eigenvalue weighted by molar-refractivity contribution is 0.0318. The second kappa shape index (κ2) is 10.7. The number of Topliss-reactive ketones (excluding diaryl/α,β-unsaturated/α-hetero) is 1. The van der Waals surface area contributed by atoms with Gasteiger partial charge in [0.2, 0.25) is 11.5 Å². The minimum absolute atomic E-state index is 0.200. The van der Waals surface area contributed by atoms with E-state index in [0.29, 0.717) is 47.7 Å². The van der Waals surface area contributed by atoms with E-state index < -0.39 is 12.1 Å². The number of carbonyl (C=O) groups excluding carboxylic acids is 2. The van der Waals surface area contributed by atoms with Crippen LogP contribution in [0.1, 0.15) is 48.4 Å². The predicted molar refractivity (Wildman–Crippen MR) is 111 cm³/mol. The standard InChI is InChI=1S/C22H25ClO6/c1-5-26-18-12-16(13-19(27-6-2)21(18)28-7-3)22(25)29-14(4)20(24)15-9-8-10-17(23)11-15/h8-14H,5-7H2,1-4H3. The molecule has 0 saturated heterocycles. The average Bonchev–Trinajstić information content (AvgIpc) is 2.69. The molecule has 2 rings (SSSR count). The maximum absolute atomic E-state index is 12.7. The molecule has 0 N–H and O–H groups in total. The van der Waals surface area contributed by atoms with Gasteiger partial charge in [-0.25, -0.2) is 4.79 Å². The fourth-order valence-electron chi connectivity index (χ4n) is 2.67. The normalized spacial score (nSPS) is 11.5. The first-order valence-corrected chi connectivity index (χ1v) is 9.86. The number of benzene rings is 2. The Balaban J connectivity index is 2.27. The molecule has 2 aromatic rings. The Morgan fingerprint density at radius 2 is 1.48 bits per heavy atom. The molecule has 7 heteroatoms. The third kappa shape index (κ3) is 5.87. The summed E-state index contributed by atoms with van der Waals surface area (Å²) in [4.78, 5) is 25.2. The minimum Gasteiger partial charge on any atom is -0.490 e. The Kier molecular flexibility index (Phi) is 8.34. The zero-order valence-corrected chi connectivity index (χ0v) is 17.7. The Hall–Kier alpha value is -2.73.